The summed E-state index contributed by atoms with van der Waals surface area (Å²) in [6.07, 6.45) is 2.20. The van der Waals surface area contributed by atoms with Crippen LogP contribution < -0.4 is 20.1 Å². The lowest BCUT2D eigenvalue weighted by atomic mass is 10.0. The molecule has 8 heteroatoms. The molecule has 8 nitrogen and oxygen atoms in total. The van der Waals surface area contributed by atoms with Gasteiger partial charge in [-0.2, -0.15) is 0 Å². The van der Waals surface area contributed by atoms with Crippen molar-refractivity contribution in [3.8, 4) is 11.5 Å². The molecule has 2 aliphatic heterocycles. The van der Waals surface area contributed by atoms with E-state index in [2.05, 4.69) is 15.5 Å². The summed E-state index contributed by atoms with van der Waals surface area (Å²) >= 11 is 0. The van der Waals surface area contributed by atoms with Gasteiger partial charge in [0.05, 0.1) is 27.4 Å². The molecule has 1 saturated heterocycles. The van der Waals surface area contributed by atoms with Crippen molar-refractivity contribution in [1.82, 2.24) is 4.90 Å². The minimum atomic E-state index is -0.189. The highest BCUT2D eigenvalue weighted by Gasteiger charge is 2.25. The highest BCUT2D eigenvalue weighted by atomic mass is 16.5. The Balaban J connectivity index is 1.49. The summed E-state index contributed by atoms with van der Waals surface area (Å²) in [5.74, 6) is 0.958. The molecule has 168 valence electrons. The fourth-order valence-corrected chi connectivity index (χ4v) is 3.83. The van der Waals surface area contributed by atoms with Gasteiger partial charge in [0.25, 0.3) is 5.91 Å². The number of fused-ring (bicyclic) bond motifs is 1. The van der Waals surface area contributed by atoms with E-state index in [1.54, 1.807) is 38.5 Å². The molecule has 0 radical (unpaired) electrons. The van der Waals surface area contributed by atoms with Crippen molar-refractivity contribution in [3.05, 3.63) is 47.5 Å². The van der Waals surface area contributed by atoms with E-state index in [0.717, 1.165) is 24.2 Å². The van der Waals surface area contributed by atoms with Crippen LogP contribution in [-0.2, 0) is 14.3 Å². The van der Waals surface area contributed by atoms with Crippen molar-refractivity contribution in [2.75, 3.05) is 57.7 Å². The Morgan fingerprint density at radius 3 is 2.66 bits per heavy atom. The van der Waals surface area contributed by atoms with Gasteiger partial charge in [0.2, 0.25) is 5.91 Å². The second-order valence-electron chi connectivity index (χ2n) is 7.64. The first-order chi connectivity index (χ1) is 15.6. The third-order valence-electron chi connectivity index (χ3n) is 5.56. The van der Waals surface area contributed by atoms with E-state index in [1.165, 1.54) is 0 Å². The molecule has 0 saturated carbocycles. The molecular formula is C24H27N3O5. The van der Waals surface area contributed by atoms with Gasteiger partial charge in [-0.1, -0.05) is 6.07 Å². The van der Waals surface area contributed by atoms with Gasteiger partial charge < -0.3 is 24.8 Å². The number of amides is 2. The van der Waals surface area contributed by atoms with Gasteiger partial charge in [-0.25, -0.2) is 0 Å². The Hall–Kier alpha value is -3.36. The van der Waals surface area contributed by atoms with Gasteiger partial charge in [-0.3, -0.25) is 14.5 Å². The minimum absolute atomic E-state index is 0.0563. The van der Waals surface area contributed by atoms with Crippen LogP contribution in [0.25, 0.3) is 11.6 Å². The van der Waals surface area contributed by atoms with Crippen molar-refractivity contribution in [2.24, 2.45) is 0 Å². The number of carbonyl (C=O) groups excluding carboxylic acids is 2. The molecule has 0 aliphatic carbocycles. The lowest BCUT2D eigenvalue weighted by Gasteiger charge is -2.26. The topological polar surface area (TPSA) is 89.1 Å². The Bertz CT molecular complexity index is 1040. The summed E-state index contributed by atoms with van der Waals surface area (Å²) in [5.41, 5.74) is 3.45. The number of nitrogens with one attached hydrogen (secondary N) is 2. The van der Waals surface area contributed by atoms with Crippen LogP contribution in [0.15, 0.2) is 36.4 Å². The van der Waals surface area contributed by atoms with Gasteiger partial charge in [0.1, 0.15) is 0 Å². The number of morpholine rings is 1. The van der Waals surface area contributed by atoms with Crippen LogP contribution in [0, 0.1) is 0 Å². The van der Waals surface area contributed by atoms with Crippen molar-refractivity contribution < 1.29 is 23.8 Å². The fourth-order valence-electron chi connectivity index (χ4n) is 3.83. The Kier molecular flexibility index (Phi) is 6.72. The Labute approximate surface area is 187 Å². The summed E-state index contributed by atoms with van der Waals surface area (Å²) in [7, 11) is 3.15. The quantitative estimate of drug-likeness (QED) is 0.648. The molecule has 2 aromatic carbocycles. The highest BCUT2D eigenvalue weighted by molar-refractivity contribution is 6.35. The van der Waals surface area contributed by atoms with Crippen LogP contribution in [0.1, 0.15) is 17.5 Å². The van der Waals surface area contributed by atoms with Crippen LogP contribution in [0.2, 0.25) is 0 Å². The van der Waals surface area contributed by atoms with Gasteiger partial charge in [0.15, 0.2) is 11.5 Å². The molecule has 0 aromatic heterocycles. The largest absolute Gasteiger partial charge is 0.493 e. The first-order valence-electron chi connectivity index (χ1n) is 10.6. The zero-order valence-electron chi connectivity index (χ0n) is 18.3. The average molecular weight is 437 g/mol. The van der Waals surface area contributed by atoms with Crippen LogP contribution in [-0.4, -0.2) is 63.8 Å². The van der Waals surface area contributed by atoms with Crippen LogP contribution >= 0.6 is 0 Å². The molecule has 0 bridgehead atoms. The van der Waals surface area contributed by atoms with Crippen LogP contribution in [0.4, 0.5) is 11.4 Å². The lowest BCUT2D eigenvalue weighted by molar-refractivity contribution is -0.116. The zero-order chi connectivity index (χ0) is 22.5. The van der Waals surface area contributed by atoms with Crippen molar-refractivity contribution >= 4 is 34.8 Å². The molecule has 2 N–H and O–H groups in total. The van der Waals surface area contributed by atoms with E-state index >= 15 is 0 Å². The molecule has 0 unspecified atom stereocenters. The second-order valence-corrected chi connectivity index (χ2v) is 7.64. The maximum absolute atomic E-state index is 12.6. The van der Waals surface area contributed by atoms with E-state index in [0.29, 0.717) is 54.6 Å². The predicted octanol–water partition coefficient (Wildman–Crippen LogP) is 2.86. The number of benzene rings is 2. The summed E-state index contributed by atoms with van der Waals surface area (Å²) in [5, 5.41) is 5.82. The Morgan fingerprint density at radius 1 is 1.12 bits per heavy atom. The zero-order valence-corrected chi connectivity index (χ0v) is 18.3. The maximum Gasteiger partial charge on any atom is 0.256 e. The number of ether oxygens (including phenoxy) is 3. The van der Waals surface area contributed by atoms with Gasteiger partial charge in [-0.15, -0.1) is 0 Å². The van der Waals surface area contributed by atoms with E-state index in [1.807, 2.05) is 18.2 Å². The standard InChI is InChI=1S/C24H27N3O5/c1-30-21-6-3-16(14-22(21)31-2)13-19-18-15-17(4-5-20(18)26-24(19)29)25-23(28)7-8-27-9-11-32-12-10-27/h3-6,13-15H,7-12H2,1-2H3,(H,25,28)(H,26,29)/b19-13+. The van der Waals surface area contributed by atoms with E-state index in [-0.39, 0.29) is 11.8 Å². The number of rotatable bonds is 7. The molecule has 1 fully saturated rings. The molecule has 4 rings (SSSR count). The number of anilines is 2. The third kappa shape index (κ3) is 4.92. The molecule has 2 aromatic rings. The van der Waals surface area contributed by atoms with Crippen molar-refractivity contribution in [1.29, 1.82) is 0 Å². The summed E-state index contributed by atoms with van der Waals surface area (Å²) < 4.78 is 16.0. The number of hydrogen-bond donors (Lipinski definition) is 2. The summed E-state index contributed by atoms with van der Waals surface area (Å²) in [6.45, 7) is 3.82. The monoisotopic (exact) mass is 437 g/mol. The molecule has 2 amide bonds. The summed E-state index contributed by atoms with van der Waals surface area (Å²) in [6, 6.07) is 10.9. The van der Waals surface area contributed by atoms with Gasteiger partial charge >= 0.3 is 0 Å². The van der Waals surface area contributed by atoms with Crippen LogP contribution in [0.5, 0.6) is 11.5 Å². The first-order valence-corrected chi connectivity index (χ1v) is 10.6. The van der Waals surface area contributed by atoms with Crippen molar-refractivity contribution in [2.45, 2.75) is 6.42 Å². The summed E-state index contributed by atoms with van der Waals surface area (Å²) in [4.78, 5) is 27.2. The number of carbonyl (C=O) groups is 2. The minimum Gasteiger partial charge on any atom is -0.493 e. The van der Waals surface area contributed by atoms with Crippen molar-refractivity contribution in [3.63, 3.8) is 0 Å². The number of nitrogens with zero attached hydrogens (tertiary/aromatic N) is 1. The molecule has 0 spiro atoms. The normalized spacial score (nSPS) is 17.1. The molecule has 2 aliphatic rings. The smallest absolute Gasteiger partial charge is 0.256 e. The first kappa shape index (κ1) is 21.9. The van der Waals surface area contributed by atoms with Gasteiger partial charge in [0, 0.05) is 48.6 Å². The third-order valence-corrected chi connectivity index (χ3v) is 5.56. The second kappa shape index (κ2) is 9.84. The molecular weight excluding hydrogens is 410 g/mol. The van der Waals surface area contributed by atoms with E-state index < -0.39 is 0 Å². The van der Waals surface area contributed by atoms with Gasteiger partial charge in [-0.05, 0) is 42.0 Å². The molecule has 0 atom stereocenters. The molecule has 2 heterocycles. The average Bonchev–Trinajstić information content (AvgIpc) is 3.12. The Morgan fingerprint density at radius 2 is 1.91 bits per heavy atom. The van der Waals surface area contributed by atoms with E-state index in [4.69, 9.17) is 14.2 Å². The lowest BCUT2D eigenvalue weighted by Crippen LogP contribution is -2.38. The molecule has 32 heavy (non-hydrogen) atoms. The SMILES string of the molecule is COc1ccc(/C=C2/C(=O)Nc3ccc(NC(=O)CCN4CCOCC4)cc32)cc1OC. The van der Waals surface area contributed by atoms with Crippen LogP contribution in [0.3, 0.4) is 0 Å². The van der Waals surface area contributed by atoms with E-state index in [9.17, 15) is 9.59 Å². The maximum atomic E-state index is 12.6. The highest BCUT2D eigenvalue weighted by Crippen LogP contribution is 2.36. The number of hydrogen-bond acceptors (Lipinski definition) is 6. The number of methoxy groups -OCH3 is 2. The predicted molar refractivity (Wildman–Crippen MR) is 123 cm³/mol. The fraction of sp³-hybridized carbons (Fsp3) is 0.333.